The van der Waals surface area contributed by atoms with Crippen LogP contribution in [0.2, 0.25) is 0 Å². The lowest BCUT2D eigenvalue weighted by Crippen LogP contribution is -2.37. The van der Waals surface area contributed by atoms with E-state index >= 15 is 0 Å². The van der Waals surface area contributed by atoms with Crippen LogP contribution in [0.25, 0.3) is 27.7 Å². The Morgan fingerprint density at radius 2 is 1.92 bits per heavy atom. The fraction of sp³-hybridized carbons (Fsp3) is 0.100. The highest BCUT2D eigenvalue weighted by Gasteiger charge is 2.12. The Morgan fingerprint density at radius 1 is 1.15 bits per heavy atom. The zero-order valence-electron chi connectivity index (χ0n) is 14.3. The van der Waals surface area contributed by atoms with Crippen LogP contribution in [0.3, 0.4) is 0 Å². The van der Waals surface area contributed by atoms with Crippen molar-refractivity contribution in [3.8, 4) is 0 Å². The molecule has 0 aliphatic carbocycles. The van der Waals surface area contributed by atoms with Gasteiger partial charge in [0.1, 0.15) is 11.4 Å². The lowest BCUT2D eigenvalue weighted by molar-refractivity contribution is -0.121. The summed E-state index contributed by atoms with van der Waals surface area (Å²) in [6, 6.07) is 17.4. The molecule has 0 radical (unpaired) electrons. The molecule has 0 aliphatic heterocycles. The number of benzene rings is 2. The molecule has 6 heteroatoms. The number of fused-ring (bicyclic) bond motifs is 2. The molecule has 4 aromatic rings. The number of furan rings is 1. The summed E-state index contributed by atoms with van der Waals surface area (Å²) in [6.45, 7) is 3.91. The second-order valence-corrected chi connectivity index (χ2v) is 6.05. The molecule has 0 saturated heterocycles. The highest BCUT2D eigenvalue weighted by Crippen LogP contribution is 2.22. The van der Waals surface area contributed by atoms with Gasteiger partial charge in [-0.05, 0) is 24.3 Å². The molecule has 2 heterocycles. The van der Waals surface area contributed by atoms with Crippen molar-refractivity contribution in [2.24, 2.45) is 7.05 Å². The molecular formula is C20H18N4O2. The third-order valence-corrected chi connectivity index (χ3v) is 4.27. The lowest BCUT2D eigenvalue weighted by Gasteiger charge is -2.09. The average Bonchev–Trinajstić information content (AvgIpc) is 3.22. The Hall–Kier alpha value is -3.54. The largest absolute Gasteiger partial charge is 0.454 e. The van der Waals surface area contributed by atoms with Gasteiger partial charge in [0.15, 0.2) is 5.76 Å². The van der Waals surface area contributed by atoms with Gasteiger partial charge in [-0.25, -0.2) is 4.98 Å². The molecule has 0 spiro atoms. The molecule has 0 aliphatic rings. The molecule has 0 bridgehead atoms. The van der Waals surface area contributed by atoms with E-state index in [-0.39, 0.29) is 12.3 Å². The summed E-state index contributed by atoms with van der Waals surface area (Å²) in [5, 5.41) is 0.983. The number of amides is 1. The number of para-hydroxylation sites is 3. The highest BCUT2D eigenvalue weighted by molar-refractivity contribution is 5.83. The second kappa shape index (κ2) is 6.40. The van der Waals surface area contributed by atoms with Crippen LogP contribution in [-0.4, -0.2) is 15.5 Å². The SMILES string of the molecule is C=C(NNC(=O)Cc1nc2ccccc2n1C)c1cc2ccccc2o1. The van der Waals surface area contributed by atoms with Gasteiger partial charge in [0.25, 0.3) is 0 Å². The number of hydrazine groups is 1. The third kappa shape index (κ3) is 2.93. The van der Waals surface area contributed by atoms with Crippen molar-refractivity contribution in [2.45, 2.75) is 6.42 Å². The molecule has 2 aromatic carbocycles. The fourth-order valence-electron chi connectivity index (χ4n) is 2.88. The number of imidazole rings is 1. The number of aromatic nitrogens is 2. The minimum atomic E-state index is -0.208. The van der Waals surface area contributed by atoms with Crippen molar-refractivity contribution in [2.75, 3.05) is 0 Å². The fourth-order valence-corrected chi connectivity index (χ4v) is 2.88. The molecule has 130 valence electrons. The van der Waals surface area contributed by atoms with Crippen molar-refractivity contribution >= 4 is 33.6 Å². The smallest absolute Gasteiger partial charge is 0.245 e. The maximum Gasteiger partial charge on any atom is 0.245 e. The Balaban J connectivity index is 1.41. The van der Waals surface area contributed by atoms with Gasteiger partial charge in [-0.2, -0.15) is 0 Å². The van der Waals surface area contributed by atoms with Crippen molar-refractivity contribution in [3.05, 3.63) is 72.8 Å². The number of rotatable bonds is 5. The van der Waals surface area contributed by atoms with E-state index in [4.69, 9.17) is 4.42 Å². The first-order valence-electron chi connectivity index (χ1n) is 8.25. The van der Waals surface area contributed by atoms with Gasteiger partial charge in [-0.3, -0.25) is 15.6 Å². The molecule has 4 rings (SSSR count). The van der Waals surface area contributed by atoms with E-state index in [0.717, 1.165) is 22.0 Å². The third-order valence-electron chi connectivity index (χ3n) is 4.27. The molecular weight excluding hydrogens is 328 g/mol. The van der Waals surface area contributed by atoms with E-state index in [1.165, 1.54) is 0 Å². The first kappa shape index (κ1) is 16.0. The molecule has 0 unspecified atom stereocenters. The zero-order valence-corrected chi connectivity index (χ0v) is 14.3. The first-order chi connectivity index (χ1) is 12.6. The van der Waals surface area contributed by atoms with Crippen LogP contribution in [0.5, 0.6) is 0 Å². The molecule has 0 atom stereocenters. The summed E-state index contributed by atoms with van der Waals surface area (Å²) in [4.78, 5) is 16.8. The van der Waals surface area contributed by atoms with Crippen LogP contribution < -0.4 is 10.9 Å². The quantitative estimate of drug-likeness (QED) is 0.545. The van der Waals surface area contributed by atoms with E-state index in [1.54, 1.807) is 0 Å². The predicted octanol–water partition coefficient (Wildman–Crippen LogP) is 3.15. The first-order valence-corrected chi connectivity index (χ1v) is 8.25. The minimum Gasteiger partial charge on any atom is -0.454 e. The number of nitrogens with zero attached hydrogens (tertiary/aromatic N) is 2. The van der Waals surface area contributed by atoms with E-state index in [1.807, 2.05) is 66.2 Å². The zero-order chi connectivity index (χ0) is 18.1. The van der Waals surface area contributed by atoms with Gasteiger partial charge < -0.3 is 8.98 Å². The Kier molecular flexibility index (Phi) is 3.93. The number of hydrogen-bond donors (Lipinski definition) is 2. The summed E-state index contributed by atoms with van der Waals surface area (Å²) in [5.41, 5.74) is 8.58. The molecule has 2 N–H and O–H groups in total. The molecule has 26 heavy (non-hydrogen) atoms. The number of carbonyl (C=O) groups is 1. The summed E-state index contributed by atoms with van der Waals surface area (Å²) in [5.74, 6) is 1.06. The van der Waals surface area contributed by atoms with Gasteiger partial charge in [-0.1, -0.05) is 36.9 Å². The average molecular weight is 346 g/mol. The predicted molar refractivity (Wildman–Crippen MR) is 101 cm³/mol. The Labute approximate surface area is 150 Å². The van der Waals surface area contributed by atoms with Gasteiger partial charge >= 0.3 is 0 Å². The Bertz CT molecular complexity index is 1090. The van der Waals surface area contributed by atoms with Crippen LogP contribution in [0.4, 0.5) is 0 Å². The van der Waals surface area contributed by atoms with E-state index < -0.39 is 0 Å². The maximum absolute atomic E-state index is 12.3. The lowest BCUT2D eigenvalue weighted by atomic mass is 10.2. The van der Waals surface area contributed by atoms with Crippen molar-refractivity contribution < 1.29 is 9.21 Å². The van der Waals surface area contributed by atoms with Crippen LogP contribution in [-0.2, 0) is 18.3 Å². The van der Waals surface area contributed by atoms with Gasteiger partial charge in [0.2, 0.25) is 5.91 Å². The Morgan fingerprint density at radius 3 is 2.73 bits per heavy atom. The summed E-state index contributed by atoms with van der Waals surface area (Å²) >= 11 is 0. The van der Waals surface area contributed by atoms with Crippen molar-refractivity contribution in [3.63, 3.8) is 0 Å². The summed E-state index contributed by atoms with van der Waals surface area (Å²) < 4.78 is 7.63. The molecule has 6 nitrogen and oxygen atoms in total. The van der Waals surface area contributed by atoms with E-state index in [9.17, 15) is 4.79 Å². The summed E-state index contributed by atoms with van der Waals surface area (Å²) in [7, 11) is 1.90. The molecule has 2 aromatic heterocycles. The monoisotopic (exact) mass is 346 g/mol. The topological polar surface area (TPSA) is 72.1 Å². The minimum absolute atomic E-state index is 0.158. The normalized spacial score (nSPS) is 11.0. The molecule has 1 amide bonds. The number of carbonyl (C=O) groups excluding carboxylic acids is 1. The van der Waals surface area contributed by atoms with Crippen molar-refractivity contribution in [1.29, 1.82) is 0 Å². The number of hydrogen-bond acceptors (Lipinski definition) is 4. The van der Waals surface area contributed by atoms with E-state index in [2.05, 4.69) is 22.4 Å². The molecule has 0 saturated carbocycles. The van der Waals surface area contributed by atoms with Crippen LogP contribution in [0.15, 0.2) is 65.6 Å². The van der Waals surface area contributed by atoms with Gasteiger partial charge in [-0.15, -0.1) is 0 Å². The number of aryl methyl sites for hydroxylation is 1. The summed E-state index contributed by atoms with van der Waals surface area (Å²) in [6.07, 6.45) is 0.158. The highest BCUT2D eigenvalue weighted by atomic mass is 16.3. The van der Waals surface area contributed by atoms with Gasteiger partial charge in [0, 0.05) is 12.4 Å². The van der Waals surface area contributed by atoms with E-state index in [0.29, 0.717) is 17.3 Å². The molecule has 0 fully saturated rings. The van der Waals surface area contributed by atoms with Crippen molar-refractivity contribution in [1.82, 2.24) is 20.4 Å². The van der Waals surface area contributed by atoms with Gasteiger partial charge in [0.05, 0.1) is 23.2 Å². The number of nitrogens with one attached hydrogen (secondary N) is 2. The standard InChI is InChI=1S/C20H18N4O2/c1-13(18-11-14-7-3-6-10-17(14)26-18)22-23-20(25)12-19-21-15-8-4-5-9-16(15)24(19)2/h3-11,22H,1,12H2,2H3,(H,23,25). The van der Waals surface area contributed by atoms with Crippen LogP contribution in [0.1, 0.15) is 11.6 Å². The second-order valence-electron chi connectivity index (χ2n) is 6.05. The maximum atomic E-state index is 12.3. The van der Waals surface area contributed by atoms with Crippen LogP contribution >= 0.6 is 0 Å². The van der Waals surface area contributed by atoms with Crippen LogP contribution in [0, 0.1) is 0 Å².